The lowest BCUT2D eigenvalue weighted by Crippen LogP contribution is -2.49. The van der Waals surface area contributed by atoms with Crippen molar-refractivity contribution in [2.75, 3.05) is 7.11 Å². The number of nitrogens with two attached hydrogens (primary N) is 1. The molecule has 1 aliphatic rings. The van der Waals surface area contributed by atoms with Crippen molar-refractivity contribution in [2.45, 2.75) is 38.6 Å². The Balaban J connectivity index is 2.07. The lowest BCUT2D eigenvalue weighted by atomic mass is 9.73. The van der Waals surface area contributed by atoms with Crippen LogP contribution in [0.3, 0.4) is 0 Å². The van der Waals surface area contributed by atoms with Crippen LogP contribution in [-0.2, 0) is 11.3 Å². The summed E-state index contributed by atoms with van der Waals surface area (Å²) in [7, 11) is 1.62. The van der Waals surface area contributed by atoms with Crippen molar-refractivity contribution in [1.82, 2.24) is 5.32 Å². The molecule has 0 aliphatic heterocycles. The molecule has 1 amide bonds. The van der Waals surface area contributed by atoms with Gasteiger partial charge in [-0.1, -0.05) is 49.7 Å². The number of benzene rings is 1. The monoisotopic (exact) mass is 306 g/mol. The van der Waals surface area contributed by atoms with Crippen LogP contribution in [0.4, 0.5) is 0 Å². The van der Waals surface area contributed by atoms with Crippen LogP contribution >= 0.6 is 12.2 Å². The van der Waals surface area contributed by atoms with Gasteiger partial charge in [0.2, 0.25) is 5.91 Å². The molecule has 0 saturated heterocycles. The maximum atomic E-state index is 12.6. The van der Waals surface area contributed by atoms with E-state index in [0.29, 0.717) is 11.5 Å². The van der Waals surface area contributed by atoms with Crippen molar-refractivity contribution < 1.29 is 9.53 Å². The summed E-state index contributed by atoms with van der Waals surface area (Å²) in [5.74, 6) is 0.714. The largest absolute Gasteiger partial charge is 0.496 e. The summed E-state index contributed by atoms with van der Waals surface area (Å²) in [6.45, 7) is 0.424. The Morgan fingerprint density at radius 2 is 2.00 bits per heavy atom. The molecule has 21 heavy (non-hydrogen) atoms. The highest BCUT2D eigenvalue weighted by Gasteiger charge is 2.42. The van der Waals surface area contributed by atoms with Crippen LogP contribution in [0.5, 0.6) is 5.75 Å². The minimum atomic E-state index is -0.671. The van der Waals surface area contributed by atoms with Crippen LogP contribution in [-0.4, -0.2) is 18.0 Å². The van der Waals surface area contributed by atoms with Crippen LogP contribution in [0.25, 0.3) is 0 Å². The van der Waals surface area contributed by atoms with Crippen LogP contribution in [0.1, 0.15) is 37.7 Å². The Kier molecular flexibility index (Phi) is 5.17. The SMILES string of the molecule is COc1ccccc1CNC(=O)C1(C(N)=S)CCCCC1. The highest BCUT2D eigenvalue weighted by molar-refractivity contribution is 7.80. The van der Waals surface area contributed by atoms with E-state index in [9.17, 15) is 4.79 Å². The first-order chi connectivity index (χ1) is 10.1. The molecule has 1 saturated carbocycles. The Labute approximate surface area is 131 Å². The zero-order valence-corrected chi connectivity index (χ0v) is 13.2. The maximum absolute atomic E-state index is 12.6. The number of amides is 1. The van der Waals surface area contributed by atoms with Crippen molar-refractivity contribution in [3.8, 4) is 5.75 Å². The molecular weight excluding hydrogens is 284 g/mol. The summed E-state index contributed by atoms with van der Waals surface area (Å²) in [6, 6.07) is 7.65. The highest BCUT2D eigenvalue weighted by Crippen LogP contribution is 2.37. The van der Waals surface area contributed by atoms with E-state index in [1.165, 1.54) is 0 Å². The van der Waals surface area contributed by atoms with Crippen molar-refractivity contribution >= 4 is 23.1 Å². The molecule has 0 aromatic heterocycles. The number of carbonyl (C=O) groups is 1. The molecule has 0 unspecified atom stereocenters. The highest BCUT2D eigenvalue weighted by atomic mass is 32.1. The van der Waals surface area contributed by atoms with E-state index in [1.807, 2.05) is 24.3 Å². The number of rotatable bonds is 5. The van der Waals surface area contributed by atoms with Gasteiger partial charge in [0.25, 0.3) is 0 Å². The number of nitrogens with one attached hydrogen (secondary N) is 1. The molecule has 0 bridgehead atoms. The molecule has 114 valence electrons. The normalized spacial score (nSPS) is 17.0. The van der Waals surface area contributed by atoms with E-state index in [0.717, 1.165) is 43.4 Å². The second-order valence-electron chi connectivity index (χ2n) is 5.50. The molecule has 0 atom stereocenters. The van der Waals surface area contributed by atoms with Gasteiger partial charge in [-0.15, -0.1) is 0 Å². The van der Waals surface area contributed by atoms with Crippen LogP contribution in [0.2, 0.25) is 0 Å². The van der Waals surface area contributed by atoms with Gasteiger partial charge < -0.3 is 15.8 Å². The molecule has 3 N–H and O–H groups in total. The lowest BCUT2D eigenvalue weighted by molar-refractivity contribution is -0.129. The Hall–Kier alpha value is -1.62. The van der Waals surface area contributed by atoms with Gasteiger partial charge >= 0.3 is 0 Å². The quantitative estimate of drug-likeness (QED) is 0.821. The van der Waals surface area contributed by atoms with E-state index in [4.69, 9.17) is 22.7 Å². The zero-order valence-electron chi connectivity index (χ0n) is 12.4. The van der Waals surface area contributed by atoms with Crippen LogP contribution < -0.4 is 15.8 Å². The first kappa shape index (κ1) is 15.8. The molecule has 0 radical (unpaired) electrons. The van der Waals surface area contributed by atoms with Crippen LogP contribution in [0.15, 0.2) is 24.3 Å². The molecule has 2 rings (SSSR count). The van der Waals surface area contributed by atoms with Gasteiger partial charge in [-0.2, -0.15) is 0 Å². The van der Waals surface area contributed by atoms with E-state index in [1.54, 1.807) is 7.11 Å². The second-order valence-corrected chi connectivity index (χ2v) is 5.94. The summed E-state index contributed by atoms with van der Waals surface area (Å²) in [4.78, 5) is 12.9. The molecular formula is C16H22N2O2S. The number of para-hydroxylation sites is 1. The van der Waals surface area contributed by atoms with Crippen molar-refractivity contribution in [2.24, 2.45) is 11.1 Å². The Morgan fingerprint density at radius 1 is 1.33 bits per heavy atom. The average Bonchev–Trinajstić information content (AvgIpc) is 2.53. The second kappa shape index (κ2) is 6.89. The van der Waals surface area contributed by atoms with Gasteiger partial charge in [-0.05, 0) is 18.9 Å². The number of ether oxygens (including phenoxy) is 1. The number of carbonyl (C=O) groups excluding carboxylic acids is 1. The van der Waals surface area contributed by atoms with Gasteiger partial charge in [0, 0.05) is 12.1 Å². The van der Waals surface area contributed by atoms with E-state index in [-0.39, 0.29) is 5.91 Å². The van der Waals surface area contributed by atoms with Crippen molar-refractivity contribution in [3.05, 3.63) is 29.8 Å². The molecule has 4 nitrogen and oxygen atoms in total. The minimum absolute atomic E-state index is 0.0550. The minimum Gasteiger partial charge on any atom is -0.496 e. The third-order valence-electron chi connectivity index (χ3n) is 4.25. The van der Waals surface area contributed by atoms with Gasteiger partial charge in [-0.3, -0.25) is 4.79 Å². The van der Waals surface area contributed by atoms with Gasteiger partial charge in [0.05, 0.1) is 17.5 Å². The van der Waals surface area contributed by atoms with Crippen molar-refractivity contribution in [3.63, 3.8) is 0 Å². The van der Waals surface area contributed by atoms with Gasteiger partial charge in [0.1, 0.15) is 5.75 Å². The zero-order chi connectivity index (χ0) is 15.3. The standard InChI is InChI=1S/C16H22N2O2S/c1-20-13-8-4-3-7-12(13)11-18-15(19)16(14(17)21)9-5-2-6-10-16/h3-4,7-8H,2,5-6,9-11H2,1H3,(H2,17,21)(H,18,19). The van der Waals surface area contributed by atoms with E-state index in [2.05, 4.69) is 5.32 Å². The third-order valence-corrected chi connectivity index (χ3v) is 4.64. The van der Waals surface area contributed by atoms with Gasteiger partial charge in [-0.25, -0.2) is 0 Å². The summed E-state index contributed by atoms with van der Waals surface area (Å²) in [5, 5.41) is 2.98. The summed E-state index contributed by atoms with van der Waals surface area (Å²) in [6.07, 6.45) is 4.64. The predicted molar refractivity (Wildman–Crippen MR) is 87.1 cm³/mol. The first-order valence-corrected chi connectivity index (χ1v) is 7.71. The molecule has 5 heteroatoms. The molecule has 1 aliphatic carbocycles. The summed E-state index contributed by atoms with van der Waals surface area (Å²) in [5.41, 5.74) is 6.15. The summed E-state index contributed by atoms with van der Waals surface area (Å²) >= 11 is 5.18. The smallest absolute Gasteiger partial charge is 0.233 e. The first-order valence-electron chi connectivity index (χ1n) is 7.30. The summed E-state index contributed by atoms with van der Waals surface area (Å²) < 4.78 is 5.29. The van der Waals surface area contributed by atoms with E-state index >= 15 is 0 Å². The fourth-order valence-electron chi connectivity index (χ4n) is 2.93. The fraction of sp³-hybridized carbons (Fsp3) is 0.500. The topological polar surface area (TPSA) is 64.3 Å². The molecule has 1 aromatic rings. The number of hydrogen-bond acceptors (Lipinski definition) is 3. The molecule has 0 spiro atoms. The van der Waals surface area contributed by atoms with Crippen LogP contribution in [0, 0.1) is 5.41 Å². The Bertz CT molecular complexity index is 525. The average molecular weight is 306 g/mol. The molecule has 1 fully saturated rings. The van der Waals surface area contributed by atoms with E-state index < -0.39 is 5.41 Å². The Morgan fingerprint density at radius 3 is 2.62 bits per heavy atom. The number of methoxy groups -OCH3 is 1. The maximum Gasteiger partial charge on any atom is 0.233 e. The molecule has 0 heterocycles. The predicted octanol–water partition coefficient (Wildman–Crippen LogP) is 2.55. The van der Waals surface area contributed by atoms with Crippen molar-refractivity contribution in [1.29, 1.82) is 0 Å². The number of hydrogen-bond donors (Lipinski definition) is 2. The molecule has 1 aromatic carbocycles. The fourth-order valence-corrected chi connectivity index (χ4v) is 3.23. The lowest BCUT2D eigenvalue weighted by Gasteiger charge is -2.34. The van der Waals surface area contributed by atoms with Gasteiger partial charge in [0.15, 0.2) is 0 Å². The number of thiocarbonyl (C=S) groups is 1. The third kappa shape index (κ3) is 3.35.